The smallest absolute Gasteiger partial charge is 0.274 e. The number of fused-ring (bicyclic) bond motifs is 1. The van der Waals surface area contributed by atoms with Crippen LogP contribution in [0.4, 0.5) is 0 Å². The molecule has 0 radical (unpaired) electrons. The lowest BCUT2D eigenvalue weighted by Crippen LogP contribution is -2.22. The molecule has 0 saturated heterocycles. The normalized spacial score (nSPS) is 10.0. The zero-order chi connectivity index (χ0) is 10.1. The number of hydrogen-bond donors (Lipinski definition) is 1. The van der Waals surface area contributed by atoms with Crippen molar-refractivity contribution in [2.45, 2.75) is 6.54 Å². The first-order valence-corrected chi connectivity index (χ1v) is 4.39. The van der Waals surface area contributed by atoms with E-state index >= 15 is 0 Å². The number of aryl methyl sites for hydroxylation is 1. The van der Waals surface area contributed by atoms with Gasteiger partial charge in [-0.2, -0.15) is 5.10 Å². The molecule has 1 aromatic heterocycles. The van der Waals surface area contributed by atoms with Gasteiger partial charge in [0.2, 0.25) is 0 Å². The van der Waals surface area contributed by atoms with E-state index in [0.29, 0.717) is 11.9 Å². The summed E-state index contributed by atoms with van der Waals surface area (Å²) in [5, 5.41) is 5.62. The van der Waals surface area contributed by atoms with Crippen LogP contribution in [0.2, 0.25) is 0 Å². The Morgan fingerprint density at radius 3 is 2.53 bits per heavy atom. The van der Waals surface area contributed by atoms with Gasteiger partial charge in [-0.1, -0.05) is 18.2 Å². The Hall–Kier alpha value is -1.39. The minimum Gasteiger partial charge on any atom is -0.325 e. The van der Waals surface area contributed by atoms with Gasteiger partial charge in [-0.3, -0.25) is 4.79 Å². The predicted octanol–water partition coefficient (Wildman–Crippen LogP) is 0.814. The molecule has 0 aliphatic heterocycles. The fourth-order valence-electron chi connectivity index (χ4n) is 1.53. The quantitative estimate of drug-likeness (QED) is 0.782. The van der Waals surface area contributed by atoms with E-state index in [1.165, 1.54) is 4.68 Å². The lowest BCUT2D eigenvalue weighted by Gasteiger charge is -2.05. The topological polar surface area (TPSA) is 60.9 Å². The fourth-order valence-corrected chi connectivity index (χ4v) is 1.53. The molecule has 2 N–H and O–H groups in total. The number of rotatable bonds is 1. The summed E-state index contributed by atoms with van der Waals surface area (Å²) in [7, 11) is 1.63. The maximum atomic E-state index is 11.7. The van der Waals surface area contributed by atoms with Crippen LogP contribution in [-0.2, 0) is 13.6 Å². The van der Waals surface area contributed by atoms with E-state index in [2.05, 4.69) is 5.10 Å². The van der Waals surface area contributed by atoms with Gasteiger partial charge in [0, 0.05) is 19.0 Å². The van der Waals surface area contributed by atoms with Gasteiger partial charge in [-0.15, -0.1) is 12.4 Å². The Morgan fingerprint density at radius 1 is 1.33 bits per heavy atom. The van der Waals surface area contributed by atoms with Crippen molar-refractivity contribution in [1.82, 2.24) is 9.78 Å². The molecule has 1 heterocycles. The highest BCUT2D eigenvalue weighted by Gasteiger charge is 2.05. The highest BCUT2D eigenvalue weighted by molar-refractivity contribution is 5.85. The third-order valence-corrected chi connectivity index (χ3v) is 2.23. The Labute approximate surface area is 93.1 Å². The van der Waals surface area contributed by atoms with Gasteiger partial charge in [0.15, 0.2) is 0 Å². The Bertz CT molecular complexity index is 536. The first-order chi connectivity index (χ1) is 6.74. The van der Waals surface area contributed by atoms with Crippen LogP contribution < -0.4 is 11.3 Å². The van der Waals surface area contributed by atoms with Gasteiger partial charge in [0.25, 0.3) is 5.56 Å². The van der Waals surface area contributed by atoms with Gasteiger partial charge < -0.3 is 5.73 Å². The van der Waals surface area contributed by atoms with Crippen LogP contribution in [0.1, 0.15) is 5.69 Å². The molecular formula is C10H12ClN3O. The number of aromatic nitrogens is 2. The van der Waals surface area contributed by atoms with E-state index in [-0.39, 0.29) is 18.0 Å². The van der Waals surface area contributed by atoms with E-state index in [1.54, 1.807) is 13.1 Å². The zero-order valence-electron chi connectivity index (χ0n) is 8.30. The summed E-state index contributed by atoms with van der Waals surface area (Å²) in [6.07, 6.45) is 0. The first-order valence-electron chi connectivity index (χ1n) is 4.39. The number of nitrogens with two attached hydrogens (primary N) is 1. The summed E-state index contributed by atoms with van der Waals surface area (Å²) in [4.78, 5) is 11.7. The maximum absolute atomic E-state index is 11.7. The van der Waals surface area contributed by atoms with Crippen molar-refractivity contribution in [2.24, 2.45) is 12.8 Å². The van der Waals surface area contributed by atoms with E-state index in [0.717, 1.165) is 11.1 Å². The molecule has 0 fully saturated rings. The molecule has 0 atom stereocenters. The average Bonchev–Trinajstić information content (AvgIpc) is 2.23. The van der Waals surface area contributed by atoms with Gasteiger partial charge in [-0.25, -0.2) is 4.68 Å². The second-order valence-corrected chi connectivity index (χ2v) is 3.13. The predicted molar refractivity (Wildman–Crippen MR) is 62.1 cm³/mol. The minimum atomic E-state index is -0.0854. The Kier molecular flexibility index (Phi) is 3.44. The molecular weight excluding hydrogens is 214 g/mol. The lowest BCUT2D eigenvalue weighted by atomic mass is 10.1. The number of halogens is 1. The molecule has 0 spiro atoms. The molecule has 0 amide bonds. The third-order valence-electron chi connectivity index (χ3n) is 2.23. The molecule has 0 bridgehead atoms. The van der Waals surface area contributed by atoms with E-state index < -0.39 is 0 Å². The molecule has 1 aromatic carbocycles. The molecule has 2 rings (SSSR count). The van der Waals surface area contributed by atoms with Crippen LogP contribution in [0.15, 0.2) is 29.1 Å². The van der Waals surface area contributed by atoms with Crippen molar-refractivity contribution in [3.05, 3.63) is 40.3 Å². The summed E-state index contributed by atoms with van der Waals surface area (Å²) >= 11 is 0. The van der Waals surface area contributed by atoms with Crippen LogP contribution in [-0.4, -0.2) is 9.78 Å². The summed E-state index contributed by atoms with van der Waals surface area (Å²) in [5.41, 5.74) is 6.22. The Morgan fingerprint density at radius 2 is 1.93 bits per heavy atom. The molecule has 0 aliphatic rings. The maximum Gasteiger partial charge on any atom is 0.274 e. The lowest BCUT2D eigenvalue weighted by molar-refractivity contribution is 0.691. The van der Waals surface area contributed by atoms with E-state index in [9.17, 15) is 4.79 Å². The third kappa shape index (κ3) is 1.86. The van der Waals surface area contributed by atoms with Gasteiger partial charge in [-0.05, 0) is 6.07 Å². The molecule has 15 heavy (non-hydrogen) atoms. The summed E-state index contributed by atoms with van der Waals surface area (Å²) in [6.45, 7) is 0.342. The highest BCUT2D eigenvalue weighted by Crippen LogP contribution is 2.11. The van der Waals surface area contributed by atoms with Crippen LogP contribution in [0.5, 0.6) is 0 Å². The molecule has 4 nitrogen and oxygen atoms in total. The van der Waals surface area contributed by atoms with Crippen molar-refractivity contribution in [3.8, 4) is 0 Å². The van der Waals surface area contributed by atoms with Gasteiger partial charge in [0.1, 0.15) is 0 Å². The SMILES string of the molecule is Cl.Cn1nc(CN)c2ccccc2c1=O. The number of benzene rings is 1. The second-order valence-electron chi connectivity index (χ2n) is 3.13. The fraction of sp³-hybridized carbons (Fsp3) is 0.200. The van der Waals surface area contributed by atoms with Gasteiger partial charge >= 0.3 is 0 Å². The molecule has 80 valence electrons. The van der Waals surface area contributed by atoms with Gasteiger partial charge in [0.05, 0.1) is 11.1 Å². The summed E-state index contributed by atoms with van der Waals surface area (Å²) in [6, 6.07) is 7.37. The Balaban J connectivity index is 0.00000112. The van der Waals surface area contributed by atoms with Crippen LogP contribution in [0.25, 0.3) is 10.8 Å². The molecule has 0 aliphatic carbocycles. The second kappa shape index (κ2) is 4.42. The van der Waals surface area contributed by atoms with Crippen molar-refractivity contribution in [3.63, 3.8) is 0 Å². The number of nitrogens with zero attached hydrogens (tertiary/aromatic N) is 2. The van der Waals surface area contributed by atoms with Crippen molar-refractivity contribution in [2.75, 3.05) is 0 Å². The standard InChI is InChI=1S/C10H11N3O.ClH/c1-13-10(14)8-5-3-2-4-7(8)9(6-11)12-13;/h2-5H,6,11H2,1H3;1H. The number of hydrogen-bond acceptors (Lipinski definition) is 3. The molecule has 2 aromatic rings. The van der Waals surface area contributed by atoms with E-state index in [1.807, 2.05) is 18.2 Å². The first kappa shape index (κ1) is 11.7. The summed E-state index contributed by atoms with van der Waals surface area (Å²) in [5.74, 6) is 0. The molecule has 0 saturated carbocycles. The van der Waals surface area contributed by atoms with Crippen molar-refractivity contribution < 1.29 is 0 Å². The molecule has 5 heteroatoms. The zero-order valence-corrected chi connectivity index (χ0v) is 9.12. The van der Waals surface area contributed by atoms with Crippen molar-refractivity contribution >= 4 is 23.2 Å². The minimum absolute atomic E-state index is 0. The van der Waals surface area contributed by atoms with E-state index in [4.69, 9.17) is 5.73 Å². The average molecular weight is 226 g/mol. The largest absolute Gasteiger partial charge is 0.325 e. The van der Waals surface area contributed by atoms with Crippen molar-refractivity contribution in [1.29, 1.82) is 0 Å². The van der Waals surface area contributed by atoms with Crippen LogP contribution in [0, 0.1) is 0 Å². The summed E-state index contributed by atoms with van der Waals surface area (Å²) < 4.78 is 1.32. The monoisotopic (exact) mass is 225 g/mol. The van der Waals surface area contributed by atoms with Crippen LogP contribution in [0.3, 0.4) is 0 Å². The van der Waals surface area contributed by atoms with Crippen LogP contribution >= 0.6 is 12.4 Å². The highest BCUT2D eigenvalue weighted by atomic mass is 35.5. The molecule has 0 unspecified atom stereocenters.